The Kier molecular flexibility index (Phi) is 6.51. The number of amides is 1. The van der Waals surface area contributed by atoms with Gasteiger partial charge in [-0.1, -0.05) is 17.7 Å². The van der Waals surface area contributed by atoms with Crippen LogP contribution in [0.3, 0.4) is 0 Å². The van der Waals surface area contributed by atoms with Crippen molar-refractivity contribution in [2.75, 3.05) is 39.3 Å². The summed E-state index contributed by atoms with van der Waals surface area (Å²) < 4.78 is 12.0. The summed E-state index contributed by atoms with van der Waals surface area (Å²) in [5, 5.41) is 6.70. The Hall–Kier alpha value is -2.62. The number of benzene rings is 1. The molecule has 0 saturated carbocycles. The van der Waals surface area contributed by atoms with Gasteiger partial charge in [-0.05, 0) is 35.7 Å². The van der Waals surface area contributed by atoms with Gasteiger partial charge in [-0.25, -0.2) is 4.79 Å². The monoisotopic (exact) mass is 448 g/mol. The molecule has 0 radical (unpaired) electrons. The van der Waals surface area contributed by atoms with E-state index in [1.165, 1.54) is 11.3 Å². The maximum atomic E-state index is 12.6. The summed E-state index contributed by atoms with van der Waals surface area (Å²) in [5.41, 5.74) is 0. The van der Waals surface area contributed by atoms with Crippen LogP contribution in [0.1, 0.15) is 0 Å². The van der Waals surface area contributed by atoms with Gasteiger partial charge in [-0.3, -0.25) is 9.69 Å². The molecule has 30 heavy (non-hydrogen) atoms. The minimum atomic E-state index is -0.621. The molecule has 1 fully saturated rings. The van der Waals surface area contributed by atoms with E-state index in [4.69, 9.17) is 20.8 Å². The molecule has 1 aliphatic rings. The highest BCUT2D eigenvalue weighted by Crippen LogP contribution is 2.21. The Morgan fingerprint density at radius 2 is 1.93 bits per heavy atom. The number of nitrogens with zero attached hydrogens (tertiary/aromatic N) is 4. The normalized spacial score (nSPS) is 14.8. The Bertz CT molecular complexity index is 1020. The first-order valence-corrected chi connectivity index (χ1v) is 10.8. The number of halogens is 1. The molecule has 0 atom stereocenters. The van der Waals surface area contributed by atoms with Crippen LogP contribution in [0.15, 0.2) is 51.0 Å². The molecule has 3 heterocycles. The van der Waals surface area contributed by atoms with Crippen molar-refractivity contribution in [1.29, 1.82) is 0 Å². The molecule has 0 aliphatic carbocycles. The van der Waals surface area contributed by atoms with E-state index in [0.717, 1.165) is 34.9 Å². The van der Waals surface area contributed by atoms with Crippen LogP contribution in [0.5, 0.6) is 5.75 Å². The van der Waals surface area contributed by atoms with Crippen LogP contribution in [0.2, 0.25) is 5.02 Å². The van der Waals surface area contributed by atoms with Gasteiger partial charge >= 0.3 is 5.76 Å². The van der Waals surface area contributed by atoms with Gasteiger partial charge in [0.05, 0.1) is 4.88 Å². The molecule has 1 saturated heterocycles. The van der Waals surface area contributed by atoms with Crippen molar-refractivity contribution in [3.63, 3.8) is 0 Å². The number of carbonyl (C=O) groups is 1. The van der Waals surface area contributed by atoms with Crippen LogP contribution >= 0.6 is 22.9 Å². The molecule has 3 aromatic rings. The molecule has 0 bridgehead atoms. The fraction of sp³-hybridized carbons (Fsp3) is 0.350. The first-order chi connectivity index (χ1) is 14.6. The standard InChI is InChI=1S/C20H21ClN4O4S/c21-15-3-5-16(6-4-15)28-12-11-23-7-9-24(10-8-23)18(26)14-25-20(27)29-19(22-25)17-2-1-13-30-17/h1-6,13H,7-12,14H2. The summed E-state index contributed by atoms with van der Waals surface area (Å²) in [6, 6.07) is 10.9. The van der Waals surface area contributed by atoms with Crippen molar-refractivity contribution < 1.29 is 13.9 Å². The minimum absolute atomic E-state index is 0.118. The lowest BCUT2D eigenvalue weighted by atomic mass is 10.3. The Balaban J connectivity index is 1.22. The maximum absolute atomic E-state index is 12.6. The molecule has 158 valence electrons. The van der Waals surface area contributed by atoms with E-state index < -0.39 is 5.76 Å². The van der Waals surface area contributed by atoms with Crippen molar-refractivity contribution in [3.8, 4) is 16.5 Å². The van der Waals surface area contributed by atoms with Crippen LogP contribution in [-0.2, 0) is 11.3 Å². The van der Waals surface area contributed by atoms with Crippen molar-refractivity contribution in [2.45, 2.75) is 6.54 Å². The molecule has 0 spiro atoms. The van der Waals surface area contributed by atoms with E-state index in [2.05, 4.69) is 10.00 Å². The summed E-state index contributed by atoms with van der Waals surface area (Å²) in [7, 11) is 0. The zero-order chi connectivity index (χ0) is 20.9. The van der Waals surface area contributed by atoms with E-state index in [1.54, 1.807) is 17.0 Å². The van der Waals surface area contributed by atoms with E-state index in [-0.39, 0.29) is 18.3 Å². The number of hydrogen-bond donors (Lipinski definition) is 0. The summed E-state index contributed by atoms with van der Waals surface area (Å²) in [4.78, 5) is 29.3. The molecule has 1 aromatic carbocycles. The van der Waals surface area contributed by atoms with E-state index >= 15 is 0 Å². The zero-order valence-electron chi connectivity index (χ0n) is 16.2. The topological polar surface area (TPSA) is 80.8 Å². The maximum Gasteiger partial charge on any atom is 0.437 e. The lowest BCUT2D eigenvalue weighted by molar-refractivity contribution is -0.133. The Labute approximate surface area is 182 Å². The Morgan fingerprint density at radius 3 is 2.63 bits per heavy atom. The predicted octanol–water partition coefficient (Wildman–Crippen LogP) is 2.44. The van der Waals surface area contributed by atoms with Crippen molar-refractivity contribution in [2.24, 2.45) is 0 Å². The number of thiophene rings is 1. The molecule has 1 aliphatic heterocycles. The van der Waals surface area contributed by atoms with Gasteiger partial charge in [0.15, 0.2) is 0 Å². The lowest BCUT2D eigenvalue weighted by Crippen LogP contribution is -2.50. The van der Waals surface area contributed by atoms with Crippen LogP contribution in [0.4, 0.5) is 0 Å². The number of hydrogen-bond acceptors (Lipinski definition) is 7. The third-order valence-electron chi connectivity index (χ3n) is 4.84. The number of ether oxygens (including phenoxy) is 1. The average molecular weight is 449 g/mol. The number of rotatable bonds is 7. The molecule has 10 heteroatoms. The van der Waals surface area contributed by atoms with Gasteiger partial charge in [0.1, 0.15) is 18.9 Å². The Morgan fingerprint density at radius 1 is 1.17 bits per heavy atom. The minimum Gasteiger partial charge on any atom is -0.492 e. The smallest absolute Gasteiger partial charge is 0.437 e. The van der Waals surface area contributed by atoms with Gasteiger partial charge in [0.25, 0.3) is 5.89 Å². The van der Waals surface area contributed by atoms with Crippen LogP contribution in [0.25, 0.3) is 10.8 Å². The summed E-state index contributed by atoms with van der Waals surface area (Å²) in [6.45, 7) is 3.93. The number of piperazine rings is 1. The number of aromatic nitrogens is 2. The van der Waals surface area contributed by atoms with E-state index in [0.29, 0.717) is 24.7 Å². The van der Waals surface area contributed by atoms with Crippen molar-refractivity contribution in [3.05, 3.63) is 57.4 Å². The zero-order valence-corrected chi connectivity index (χ0v) is 17.8. The van der Waals surface area contributed by atoms with Crippen molar-refractivity contribution in [1.82, 2.24) is 19.6 Å². The molecule has 0 unspecified atom stereocenters. The molecule has 8 nitrogen and oxygen atoms in total. The summed E-state index contributed by atoms with van der Waals surface area (Å²) >= 11 is 7.29. The fourth-order valence-electron chi connectivity index (χ4n) is 3.18. The van der Waals surface area contributed by atoms with Crippen LogP contribution in [-0.4, -0.2) is 64.8 Å². The first kappa shape index (κ1) is 20.6. The third-order valence-corrected chi connectivity index (χ3v) is 5.95. The second-order valence-electron chi connectivity index (χ2n) is 6.83. The average Bonchev–Trinajstić information content (AvgIpc) is 3.40. The van der Waals surface area contributed by atoms with Crippen molar-refractivity contribution >= 4 is 28.8 Å². The highest BCUT2D eigenvalue weighted by Gasteiger charge is 2.23. The first-order valence-electron chi connectivity index (χ1n) is 9.59. The summed E-state index contributed by atoms with van der Waals surface area (Å²) in [6.07, 6.45) is 0. The molecular weight excluding hydrogens is 428 g/mol. The molecule has 0 N–H and O–H groups in total. The second-order valence-corrected chi connectivity index (χ2v) is 8.22. The van der Waals surface area contributed by atoms with E-state index in [1.807, 2.05) is 29.6 Å². The molecule has 2 aromatic heterocycles. The van der Waals surface area contributed by atoms with Crippen LogP contribution in [0, 0.1) is 0 Å². The SMILES string of the molecule is O=C(Cn1nc(-c2cccs2)oc1=O)N1CCN(CCOc2ccc(Cl)cc2)CC1. The third kappa shape index (κ3) is 5.10. The molecule has 4 rings (SSSR count). The van der Waals surface area contributed by atoms with Gasteiger partial charge in [-0.2, -0.15) is 4.68 Å². The second kappa shape index (κ2) is 9.46. The van der Waals surface area contributed by atoms with Gasteiger partial charge in [0, 0.05) is 37.7 Å². The molecule has 1 amide bonds. The fourth-order valence-corrected chi connectivity index (χ4v) is 3.95. The summed E-state index contributed by atoms with van der Waals surface area (Å²) in [5.74, 6) is 0.270. The largest absolute Gasteiger partial charge is 0.492 e. The molecular formula is C20H21ClN4O4S. The quantitative estimate of drug-likeness (QED) is 0.552. The predicted molar refractivity (Wildman–Crippen MR) is 114 cm³/mol. The van der Waals surface area contributed by atoms with E-state index in [9.17, 15) is 9.59 Å². The highest BCUT2D eigenvalue weighted by molar-refractivity contribution is 7.13. The highest BCUT2D eigenvalue weighted by atomic mass is 35.5. The number of carbonyl (C=O) groups excluding carboxylic acids is 1. The van der Waals surface area contributed by atoms with Gasteiger partial charge < -0.3 is 14.1 Å². The van der Waals surface area contributed by atoms with Gasteiger partial charge in [0.2, 0.25) is 5.91 Å². The lowest BCUT2D eigenvalue weighted by Gasteiger charge is -2.34. The van der Waals surface area contributed by atoms with Crippen LogP contribution < -0.4 is 10.5 Å². The van der Waals surface area contributed by atoms with Gasteiger partial charge in [-0.15, -0.1) is 16.4 Å².